The quantitative estimate of drug-likeness (QED) is 0.240. The van der Waals surface area contributed by atoms with Crippen LogP contribution in [0.25, 0.3) is 11.6 Å². The van der Waals surface area contributed by atoms with Gasteiger partial charge in [0.1, 0.15) is 6.61 Å². The van der Waals surface area contributed by atoms with Gasteiger partial charge in [0.05, 0.1) is 23.7 Å². The van der Waals surface area contributed by atoms with Crippen LogP contribution in [-0.4, -0.2) is 12.0 Å². The summed E-state index contributed by atoms with van der Waals surface area (Å²) in [5.74, 6) is 1.15. The third-order valence-electron chi connectivity index (χ3n) is 4.25. The third-order valence-corrected chi connectivity index (χ3v) is 4.25. The van der Waals surface area contributed by atoms with Gasteiger partial charge in [-0.1, -0.05) is 36.4 Å². The van der Waals surface area contributed by atoms with E-state index in [4.69, 9.17) is 9.47 Å². The second-order valence-corrected chi connectivity index (χ2v) is 6.16. The molecular weight excluding hydrogens is 368 g/mol. The molecule has 0 N–H and O–H groups in total. The smallest absolute Gasteiger partial charge is 0.269 e. The maximum atomic E-state index is 10.8. The molecule has 0 atom stereocenters. The van der Waals surface area contributed by atoms with E-state index in [0.29, 0.717) is 29.2 Å². The van der Waals surface area contributed by atoms with Gasteiger partial charge < -0.3 is 9.47 Å². The highest BCUT2D eigenvalue weighted by atomic mass is 16.6. The van der Waals surface area contributed by atoms with Crippen molar-refractivity contribution in [3.05, 3.63) is 99.6 Å². The fourth-order valence-electron chi connectivity index (χ4n) is 2.74. The number of non-ortho nitro benzene ring substituents is 1. The monoisotopic (exact) mass is 386 g/mol. The standard InChI is InChI=1S/C23H18N2O4/c1-28-23-14-18(7-12-22(23)29-16-17-5-3-2-4-6-17)13-20(15-24)19-8-10-21(11-9-19)25(26)27/h2-14H,16H2,1H3/b20-13-. The lowest BCUT2D eigenvalue weighted by atomic mass is 10.0. The molecule has 0 heterocycles. The third kappa shape index (κ3) is 4.99. The normalized spacial score (nSPS) is 10.8. The van der Waals surface area contributed by atoms with Gasteiger partial charge in [-0.15, -0.1) is 0 Å². The van der Waals surface area contributed by atoms with E-state index in [9.17, 15) is 15.4 Å². The highest BCUT2D eigenvalue weighted by Gasteiger charge is 2.09. The van der Waals surface area contributed by atoms with Gasteiger partial charge in [0.15, 0.2) is 11.5 Å². The summed E-state index contributed by atoms with van der Waals surface area (Å²) < 4.78 is 11.3. The molecule has 0 aliphatic rings. The molecule has 0 aliphatic carbocycles. The van der Waals surface area contributed by atoms with Crippen LogP contribution >= 0.6 is 0 Å². The van der Waals surface area contributed by atoms with Gasteiger partial charge in [-0.3, -0.25) is 10.1 Å². The zero-order valence-corrected chi connectivity index (χ0v) is 15.7. The van der Waals surface area contributed by atoms with Crippen molar-refractivity contribution in [2.24, 2.45) is 0 Å². The van der Waals surface area contributed by atoms with Crippen molar-refractivity contribution in [2.75, 3.05) is 7.11 Å². The van der Waals surface area contributed by atoms with E-state index >= 15 is 0 Å². The van der Waals surface area contributed by atoms with Crippen LogP contribution in [0.2, 0.25) is 0 Å². The predicted octanol–water partition coefficient (Wildman–Crippen LogP) is 5.25. The molecule has 29 heavy (non-hydrogen) atoms. The largest absolute Gasteiger partial charge is 0.493 e. The lowest BCUT2D eigenvalue weighted by molar-refractivity contribution is -0.384. The van der Waals surface area contributed by atoms with Crippen LogP contribution in [0.4, 0.5) is 5.69 Å². The Balaban J connectivity index is 1.82. The van der Waals surface area contributed by atoms with Crippen LogP contribution in [0.15, 0.2) is 72.8 Å². The molecular formula is C23H18N2O4. The zero-order valence-electron chi connectivity index (χ0n) is 15.7. The predicted molar refractivity (Wildman–Crippen MR) is 110 cm³/mol. The van der Waals surface area contributed by atoms with Crippen molar-refractivity contribution in [3.63, 3.8) is 0 Å². The van der Waals surface area contributed by atoms with Crippen molar-refractivity contribution in [3.8, 4) is 17.6 Å². The molecule has 0 fully saturated rings. The van der Waals surface area contributed by atoms with Crippen molar-refractivity contribution < 1.29 is 14.4 Å². The number of methoxy groups -OCH3 is 1. The Morgan fingerprint density at radius 2 is 1.79 bits per heavy atom. The molecule has 6 nitrogen and oxygen atoms in total. The van der Waals surface area contributed by atoms with Gasteiger partial charge in [-0.2, -0.15) is 5.26 Å². The highest BCUT2D eigenvalue weighted by molar-refractivity contribution is 5.90. The molecule has 0 saturated carbocycles. The SMILES string of the molecule is COc1cc(/C=C(/C#N)c2ccc([N+](=O)[O-])cc2)ccc1OCc1ccccc1. The molecule has 3 aromatic rings. The lowest BCUT2D eigenvalue weighted by Gasteiger charge is -2.11. The Morgan fingerprint density at radius 3 is 2.41 bits per heavy atom. The van der Waals surface area contributed by atoms with Crippen LogP contribution in [-0.2, 0) is 6.61 Å². The van der Waals surface area contributed by atoms with Crippen molar-refractivity contribution in [1.82, 2.24) is 0 Å². The fraction of sp³-hybridized carbons (Fsp3) is 0.0870. The Hall–Kier alpha value is -4.11. The second kappa shape index (κ2) is 9.20. The molecule has 0 spiro atoms. The molecule has 0 aliphatic heterocycles. The minimum atomic E-state index is -0.474. The van der Waals surface area contributed by atoms with Gasteiger partial charge in [-0.05, 0) is 47.0 Å². The van der Waals surface area contributed by atoms with E-state index in [-0.39, 0.29) is 5.69 Å². The first-order chi connectivity index (χ1) is 14.1. The molecule has 0 unspecified atom stereocenters. The van der Waals surface area contributed by atoms with E-state index in [1.807, 2.05) is 36.4 Å². The van der Waals surface area contributed by atoms with E-state index in [1.54, 1.807) is 37.5 Å². The molecule has 0 bridgehead atoms. The summed E-state index contributed by atoms with van der Waals surface area (Å²) in [6.45, 7) is 0.415. The molecule has 3 rings (SSSR count). The Bertz CT molecular complexity index is 1070. The number of hydrogen-bond donors (Lipinski definition) is 0. The number of hydrogen-bond acceptors (Lipinski definition) is 5. The Morgan fingerprint density at radius 1 is 1.07 bits per heavy atom. The first kappa shape index (κ1) is 19.6. The van der Waals surface area contributed by atoms with Crippen LogP contribution < -0.4 is 9.47 Å². The van der Waals surface area contributed by atoms with Gasteiger partial charge in [0, 0.05) is 12.1 Å². The number of nitro benzene ring substituents is 1. The summed E-state index contributed by atoms with van der Waals surface area (Å²) in [4.78, 5) is 10.3. The average molecular weight is 386 g/mol. The van der Waals surface area contributed by atoms with Gasteiger partial charge in [0.2, 0.25) is 0 Å². The Labute approximate surface area is 168 Å². The highest BCUT2D eigenvalue weighted by Crippen LogP contribution is 2.30. The van der Waals surface area contributed by atoms with Crippen LogP contribution in [0.1, 0.15) is 16.7 Å². The number of ether oxygens (including phenoxy) is 2. The molecule has 0 radical (unpaired) electrons. The van der Waals surface area contributed by atoms with E-state index in [1.165, 1.54) is 12.1 Å². The summed E-state index contributed by atoms with van der Waals surface area (Å²) in [5.41, 5.74) is 2.77. The molecule has 6 heteroatoms. The molecule has 0 amide bonds. The first-order valence-corrected chi connectivity index (χ1v) is 8.82. The molecule has 0 aromatic heterocycles. The molecule has 144 valence electrons. The summed E-state index contributed by atoms with van der Waals surface area (Å²) in [7, 11) is 1.56. The van der Waals surface area contributed by atoms with E-state index in [0.717, 1.165) is 11.1 Å². The zero-order chi connectivity index (χ0) is 20.6. The molecule has 3 aromatic carbocycles. The summed E-state index contributed by atoms with van der Waals surface area (Å²) in [6, 6.07) is 23.2. The summed E-state index contributed by atoms with van der Waals surface area (Å²) in [5, 5.41) is 20.3. The van der Waals surface area contributed by atoms with Crippen molar-refractivity contribution >= 4 is 17.3 Å². The number of allylic oxidation sites excluding steroid dienone is 1. The van der Waals surface area contributed by atoms with Gasteiger partial charge in [-0.25, -0.2) is 0 Å². The maximum absolute atomic E-state index is 10.8. The second-order valence-electron chi connectivity index (χ2n) is 6.16. The van der Waals surface area contributed by atoms with Gasteiger partial charge >= 0.3 is 0 Å². The number of nitro groups is 1. The fourth-order valence-corrected chi connectivity index (χ4v) is 2.74. The van der Waals surface area contributed by atoms with Crippen molar-refractivity contribution in [2.45, 2.75) is 6.61 Å². The van der Waals surface area contributed by atoms with E-state index < -0.39 is 4.92 Å². The summed E-state index contributed by atoms with van der Waals surface area (Å²) in [6.07, 6.45) is 1.70. The summed E-state index contributed by atoms with van der Waals surface area (Å²) >= 11 is 0. The number of benzene rings is 3. The van der Waals surface area contributed by atoms with Crippen molar-refractivity contribution in [1.29, 1.82) is 5.26 Å². The first-order valence-electron chi connectivity index (χ1n) is 8.82. The molecule has 0 saturated heterocycles. The van der Waals surface area contributed by atoms with Crippen LogP contribution in [0.5, 0.6) is 11.5 Å². The van der Waals surface area contributed by atoms with Gasteiger partial charge in [0.25, 0.3) is 5.69 Å². The maximum Gasteiger partial charge on any atom is 0.269 e. The topological polar surface area (TPSA) is 85.4 Å². The minimum Gasteiger partial charge on any atom is -0.493 e. The number of nitrogens with zero attached hydrogens (tertiary/aromatic N) is 2. The van der Waals surface area contributed by atoms with Crippen LogP contribution in [0, 0.1) is 21.4 Å². The number of nitriles is 1. The van der Waals surface area contributed by atoms with Crippen LogP contribution in [0.3, 0.4) is 0 Å². The minimum absolute atomic E-state index is 0.0207. The van der Waals surface area contributed by atoms with E-state index in [2.05, 4.69) is 6.07 Å². The Kier molecular flexibility index (Phi) is 6.23. The average Bonchev–Trinajstić information content (AvgIpc) is 2.77. The number of rotatable bonds is 7. The lowest BCUT2D eigenvalue weighted by Crippen LogP contribution is -1.97.